The molecule has 1 saturated heterocycles. The molecule has 122 valence electrons. The first-order valence-electron chi connectivity index (χ1n) is 7.18. The van der Waals surface area contributed by atoms with Crippen LogP contribution in [0.5, 0.6) is 5.88 Å². The summed E-state index contributed by atoms with van der Waals surface area (Å²) in [7, 11) is 0. The van der Waals surface area contributed by atoms with E-state index in [4.69, 9.17) is 16.3 Å². The molecular weight excluding hydrogens is 326 g/mol. The van der Waals surface area contributed by atoms with Crippen LogP contribution in [0, 0.1) is 11.6 Å². The van der Waals surface area contributed by atoms with Crippen LogP contribution in [0.2, 0.25) is 5.02 Å². The Balaban J connectivity index is 1.73. The lowest BCUT2D eigenvalue weighted by atomic mass is 10.2. The van der Waals surface area contributed by atoms with Gasteiger partial charge in [0.25, 0.3) is 5.88 Å². The van der Waals surface area contributed by atoms with Crippen LogP contribution in [0.4, 0.5) is 14.7 Å². The van der Waals surface area contributed by atoms with Crippen molar-refractivity contribution < 1.29 is 13.5 Å². The highest BCUT2D eigenvalue weighted by Gasteiger charge is 2.16. The third-order valence-corrected chi connectivity index (χ3v) is 3.71. The number of hydrogen-bond acceptors (Lipinski definition) is 5. The lowest BCUT2D eigenvalue weighted by Gasteiger charge is -2.27. The van der Waals surface area contributed by atoms with Gasteiger partial charge in [-0.2, -0.15) is 9.37 Å². The fourth-order valence-corrected chi connectivity index (χ4v) is 2.40. The number of anilines is 1. The number of aromatic nitrogens is 2. The quantitative estimate of drug-likeness (QED) is 0.926. The van der Waals surface area contributed by atoms with Crippen molar-refractivity contribution in [3.8, 4) is 5.88 Å². The van der Waals surface area contributed by atoms with E-state index in [1.54, 1.807) is 6.07 Å². The van der Waals surface area contributed by atoms with Gasteiger partial charge in [-0.1, -0.05) is 17.7 Å². The van der Waals surface area contributed by atoms with Crippen LogP contribution in [-0.2, 0) is 6.61 Å². The van der Waals surface area contributed by atoms with E-state index in [9.17, 15) is 8.78 Å². The van der Waals surface area contributed by atoms with Gasteiger partial charge >= 0.3 is 0 Å². The first-order valence-corrected chi connectivity index (χ1v) is 7.56. The molecule has 3 rings (SSSR count). The van der Waals surface area contributed by atoms with Crippen LogP contribution in [-0.4, -0.2) is 36.1 Å². The summed E-state index contributed by atoms with van der Waals surface area (Å²) in [6.45, 7) is 2.95. The molecule has 0 amide bonds. The zero-order valence-electron chi connectivity index (χ0n) is 12.2. The minimum atomic E-state index is -0.682. The van der Waals surface area contributed by atoms with Crippen LogP contribution < -0.4 is 15.0 Å². The van der Waals surface area contributed by atoms with Crippen LogP contribution in [0.25, 0.3) is 0 Å². The van der Waals surface area contributed by atoms with Crippen molar-refractivity contribution in [3.63, 3.8) is 0 Å². The van der Waals surface area contributed by atoms with Crippen molar-refractivity contribution in [2.24, 2.45) is 0 Å². The number of nitrogens with one attached hydrogen (secondary N) is 1. The summed E-state index contributed by atoms with van der Waals surface area (Å²) < 4.78 is 32.8. The van der Waals surface area contributed by atoms with Crippen molar-refractivity contribution >= 4 is 17.5 Å². The Morgan fingerprint density at radius 3 is 2.74 bits per heavy atom. The molecular formula is C15H15ClF2N4O. The van der Waals surface area contributed by atoms with Gasteiger partial charge in [-0.05, 0) is 12.1 Å². The van der Waals surface area contributed by atoms with E-state index in [-0.39, 0.29) is 18.1 Å². The number of nitrogens with zero attached hydrogens (tertiary/aromatic N) is 3. The van der Waals surface area contributed by atoms with Gasteiger partial charge in [0.15, 0.2) is 0 Å². The largest absolute Gasteiger partial charge is 0.470 e. The fraction of sp³-hybridized carbons (Fsp3) is 0.333. The number of halogens is 3. The Labute approximate surface area is 137 Å². The van der Waals surface area contributed by atoms with Crippen molar-refractivity contribution in [3.05, 3.63) is 46.6 Å². The molecule has 1 aliphatic heterocycles. The summed E-state index contributed by atoms with van der Waals surface area (Å²) >= 11 is 5.69. The predicted octanol–water partition coefficient (Wildman–Crippen LogP) is 2.40. The minimum Gasteiger partial charge on any atom is -0.470 e. The maximum absolute atomic E-state index is 13.8. The second-order valence-electron chi connectivity index (χ2n) is 5.08. The predicted molar refractivity (Wildman–Crippen MR) is 82.8 cm³/mol. The molecule has 8 heteroatoms. The van der Waals surface area contributed by atoms with Crippen LogP contribution in [0.15, 0.2) is 24.4 Å². The van der Waals surface area contributed by atoms with E-state index in [1.165, 1.54) is 12.1 Å². The van der Waals surface area contributed by atoms with Gasteiger partial charge in [0, 0.05) is 36.8 Å². The van der Waals surface area contributed by atoms with Gasteiger partial charge in [-0.15, -0.1) is 0 Å². The molecule has 2 heterocycles. The number of piperazine rings is 1. The van der Waals surface area contributed by atoms with Gasteiger partial charge in [0.05, 0.1) is 6.20 Å². The zero-order valence-corrected chi connectivity index (χ0v) is 13.0. The number of hydrogen-bond donors (Lipinski definition) is 1. The van der Waals surface area contributed by atoms with Crippen molar-refractivity contribution in [1.29, 1.82) is 0 Å². The Kier molecular flexibility index (Phi) is 4.88. The van der Waals surface area contributed by atoms with Crippen molar-refractivity contribution in [2.45, 2.75) is 6.61 Å². The molecule has 0 bridgehead atoms. The summed E-state index contributed by atoms with van der Waals surface area (Å²) in [4.78, 5) is 10.0. The van der Waals surface area contributed by atoms with Crippen molar-refractivity contribution in [2.75, 3.05) is 31.1 Å². The second kappa shape index (κ2) is 7.06. The summed E-state index contributed by atoms with van der Waals surface area (Å²) in [6.07, 6.45) is 1.07. The number of benzene rings is 1. The Morgan fingerprint density at radius 1 is 1.22 bits per heavy atom. The lowest BCUT2D eigenvalue weighted by molar-refractivity contribution is 0.271. The Bertz CT molecular complexity index is 695. The summed E-state index contributed by atoms with van der Waals surface area (Å²) in [5.74, 6) is -0.977. The monoisotopic (exact) mass is 340 g/mol. The highest BCUT2D eigenvalue weighted by atomic mass is 35.5. The molecule has 1 aromatic heterocycles. The molecule has 0 atom stereocenters. The normalized spacial score (nSPS) is 14.8. The SMILES string of the molecule is Fc1cc(Cl)ccc1COc1nc(N2CCNCC2)ncc1F. The van der Waals surface area contributed by atoms with Gasteiger partial charge in [-0.3, -0.25) is 0 Å². The topological polar surface area (TPSA) is 50.3 Å². The molecule has 0 saturated carbocycles. The number of rotatable bonds is 4. The first-order chi connectivity index (χ1) is 11.1. The van der Waals surface area contributed by atoms with Crippen LogP contribution >= 0.6 is 11.6 Å². The molecule has 23 heavy (non-hydrogen) atoms. The van der Waals surface area contributed by atoms with Crippen LogP contribution in [0.1, 0.15) is 5.56 Å². The smallest absolute Gasteiger partial charge is 0.255 e. The summed E-state index contributed by atoms with van der Waals surface area (Å²) in [5.41, 5.74) is 0.274. The maximum atomic E-state index is 13.8. The van der Waals surface area contributed by atoms with Gasteiger partial charge in [-0.25, -0.2) is 9.37 Å². The van der Waals surface area contributed by atoms with Crippen LogP contribution in [0.3, 0.4) is 0 Å². The third kappa shape index (κ3) is 3.86. The molecule has 1 aromatic carbocycles. The van der Waals surface area contributed by atoms with Gasteiger partial charge in [0.2, 0.25) is 11.8 Å². The van der Waals surface area contributed by atoms with Crippen molar-refractivity contribution in [1.82, 2.24) is 15.3 Å². The molecule has 2 aromatic rings. The maximum Gasteiger partial charge on any atom is 0.255 e. The lowest BCUT2D eigenvalue weighted by Crippen LogP contribution is -2.44. The fourth-order valence-electron chi connectivity index (χ4n) is 2.25. The molecule has 1 fully saturated rings. The molecule has 1 aliphatic rings. The standard InChI is InChI=1S/C15H15ClF2N4O/c16-11-2-1-10(12(17)7-11)9-23-14-13(18)8-20-15(21-14)22-5-3-19-4-6-22/h1-2,7-8,19H,3-6,9H2. The van der Waals surface area contributed by atoms with E-state index in [1.807, 2.05) is 4.90 Å². The van der Waals surface area contributed by atoms with E-state index in [0.29, 0.717) is 11.0 Å². The highest BCUT2D eigenvalue weighted by molar-refractivity contribution is 6.30. The first kappa shape index (κ1) is 15.9. The van der Waals surface area contributed by atoms with E-state index in [0.717, 1.165) is 32.4 Å². The highest BCUT2D eigenvalue weighted by Crippen LogP contribution is 2.20. The Hall–Kier alpha value is -1.99. The van der Waals surface area contributed by atoms with Gasteiger partial charge in [0.1, 0.15) is 12.4 Å². The summed E-state index contributed by atoms with van der Waals surface area (Å²) in [6, 6.07) is 4.22. The minimum absolute atomic E-state index is 0.141. The average Bonchev–Trinajstić information content (AvgIpc) is 2.56. The van der Waals surface area contributed by atoms with E-state index in [2.05, 4.69) is 15.3 Å². The third-order valence-electron chi connectivity index (χ3n) is 3.48. The molecule has 0 aliphatic carbocycles. The molecule has 0 unspecified atom stereocenters. The van der Waals surface area contributed by atoms with E-state index >= 15 is 0 Å². The molecule has 0 spiro atoms. The molecule has 0 radical (unpaired) electrons. The van der Waals surface area contributed by atoms with Gasteiger partial charge < -0.3 is 15.0 Å². The van der Waals surface area contributed by atoms with E-state index < -0.39 is 11.6 Å². The Morgan fingerprint density at radius 2 is 2.00 bits per heavy atom. The zero-order chi connectivity index (χ0) is 16.2. The molecule has 1 N–H and O–H groups in total. The second-order valence-corrected chi connectivity index (χ2v) is 5.52. The summed E-state index contributed by atoms with van der Waals surface area (Å²) in [5, 5.41) is 3.50. The number of ether oxygens (including phenoxy) is 1. The molecule has 5 nitrogen and oxygen atoms in total. The average molecular weight is 341 g/mol.